The lowest BCUT2D eigenvalue weighted by atomic mass is 10.2. The number of alkyl halides is 1. The van der Waals surface area contributed by atoms with Crippen LogP contribution in [0.25, 0.3) is 0 Å². The van der Waals surface area contributed by atoms with Crippen LogP contribution in [-0.4, -0.2) is 47.0 Å². The van der Waals surface area contributed by atoms with Gasteiger partial charge in [-0.1, -0.05) is 22.4 Å². The molecule has 0 N–H and O–H groups in total. The van der Waals surface area contributed by atoms with Gasteiger partial charge in [0.15, 0.2) is 0 Å². The van der Waals surface area contributed by atoms with Crippen LogP contribution in [-0.2, 0) is 22.8 Å². The standard InChI is InChI=1S/C12H25BrO5Si/c1-12(2,13)11(14)18-9-7-6-8-10-19(15-3,16-4)17-5/h6-10H2,1-5H3. The quantitative estimate of drug-likeness (QED) is 0.260. The van der Waals surface area contributed by atoms with E-state index in [0.717, 1.165) is 25.3 Å². The van der Waals surface area contributed by atoms with Gasteiger partial charge in [-0.25, -0.2) is 0 Å². The Morgan fingerprint density at radius 2 is 1.58 bits per heavy atom. The Labute approximate surface area is 125 Å². The zero-order chi connectivity index (χ0) is 14.9. The lowest BCUT2D eigenvalue weighted by molar-refractivity contribution is -0.145. The summed E-state index contributed by atoms with van der Waals surface area (Å²) in [6, 6.07) is 0.772. The van der Waals surface area contributed by atoms with Crippen LogP contribution in [0.3, 0.4) is 0 Å². The van der Waals surface area contributed by atoms with E-state index in [1.807, 2.05) is 0 Å². The van der Waals surface area contributed by atoms with Crippen molar-refractivity contribution in [3.63, 3.8) is 0 Å². The highest BCUT2D eigenvalue weighted by molar-refractivity contribution is 9.10. The molecular formula is C12H25BrO5Si. The predicted molar refractivity (Wildman–Crippen MR) is 79.4 cm³/mol. The van der Waals surface area contributed by atoms with Gasteiger partial charge in [-0.3, -0.25) is 4.79 Å². The molecular weight excluding hydrogens is 332 g/mol. The maximum atomic E-state index is 11.5. The van der Waals surface area contributed by atoms with Gasteiger partial charge in [-0.15, -0.1) is 0 Å². The van der Waals surface area contributed by atoms with Gasteiger partial charge < -0.3 is 18.0 Å². The second kappa shape index (κ2) is 9.07. The summed E-state index contributed by atoms with van der Waals surface area (Å²) in [6.45, 7) is 3.98. The van der Waals surface area contributed by atoms with Crippen LogP contribution in [0.4, 0.5) is 0 Å². The van der Waals surface area contributed by atoms with Gasteiger partial charge in [-0.2, -0.15) is 0 Å². The molecule has 5 nitrogen and oxygen atoms in total. The van der Waals surface area contributed by atoms with E-state index in [-0.39, 0.29) is 5.97 Å². The maximum Gasteiger partial charge on any atom is 0.500 e. The first-order valence-corrected chi connectivity index (χ1v) is 9.05. The molecule has 114 valence electrons. The number of esters is 1. The number of rotatable bonds is 10. The highest BCUT2D eigenvalue weighted by Crippen LogP contribution is 2.19. The molecule has 0 aliphatic carbocycles. The number of hydrogen-bond donors (Lipinski definition) is 0. The monoisotopic (exact) mass is 356 g/mol. The molecule has 19 heavy (non-hydrogen) atoms. The lowest BCUT2D eigenvalue weighted by Crippen LogP contribution is -2.42. The normalized spacial score (nSPS) is 12.5. The van der Waals surface area contributed by atoms with Gasteiger partial charge in [0, 0.05) is 27.4 Å². The first kappa shape index (κ1) is 19.0. The summed E-state index contributed by atoms with van der Waals surface area (Å²) < 4.78 is 20.5. The molecule has 0 radical (unpaired) electrons. The SMILES string of the molecule is CO[Si](CCCCCOC(=O)C(C)(C)Br)(OC)OC. The van der Waals surface area contributed by atoms with Gasteiger partial charge >= 0.3 is 14.8 Å². The average molecular weight is 357 g/mol. The molecule has 0 heterocycles. The molecule has 0 bridgehead atoms. The van der Waals surface area contributed by atoms with Crippen molar-refractivity contribution in [1.29, 1.82) is 0 Å². The van der Waals surface area contributed by atoms with Crippen LogP contribution in [0.2, 0.25) is 6.04 Å². The lowest BCUT2D eigenvalue weighted by Gasteiger charge is -2.24. The maximum absolute atomic E-state index is 11.5. The van der Waals surface area contributed by atoms with E-state index in [1.165, 1.54) is 0 Å². The first-order chi connectivity index (χ1) is 8.81. The molecule has 0 saturated heterocycles. The molecule has 0 saturated carbocycles. The van der Waals surface area contributed by atoms with E-state index in [2.05, 4.69) is 15.9 Å². The first-order valence-electron chi connectivity index (χ1n) is 6.33. The number of ether oxygens (including phenoxy) is 1. The summed E-state index contributed by atoms with van der Waals surface area (Å²) in [5.41, 5.74) is 0. The third-order valence-electron chi connectivity index (χ3n) is 2.78. The van der Waals surface area contributed by atoms with Crippen LogP contribution < -0.4 is 0 Å². The fourth-order valence-corrected chi connectivity index (χ4v) is 3.42. The van der Waals surface area contributed by atoms with E-state index < -0.39 is 13.1 Å². The largest absolute Gasteiger partial charge is 0.500 e. The van der Waals surface area contributed by atoms with E-state index in [9.17, 15) is 4.79 Å². The molecule has 0 aliphatic heterocycles. The number of unbranched alkanes of at least 4 members (excludes halogenated alkanes) is 2. The van der Waals surface area contributed by atoms with E-state index in [1.54, 1.807) is 35.2 Å². The van der Waals surface area contributed by atoms with Crippen molar-refractivity contribution < 1.29 is 22.8 Å². The van der Waals surface area contributed by atoms with Crippen molar-refractivity contribution in [3.8, 4) is 0 Å². The van der Waals surface area contributed by atoms with E-state index >= 15 is 0 Å². The average Bonchev–Trinajstić information content (AvgIpc) is 2.37. The predicted octanol–water partition coefficient (Wildman–Crippen LogP) is 2.75. The van der Waals surface area contributed by atoms with Gasteiger partial charge in [0.05, 0.1) is 6.61 Å². The molecule has 0 atom stereocenters. The fraction of sp³-hybridized carbons (Fsp3) is 0.917. The van der Waals surface area contributed by atoms with Crippen molar-refractivity contribution in [3.05, 3.63) is 0 Å². The molecule has 0 unspecified atom stereocenters. The highest BCUT2D eigenvalue weighted by Gasteiger charge is 2.36. The summed E-state index contributed by atoms with van der Waals surface area (Å²) in [5, 5.41) is 0. The molecule has 0 fully saturated rings. The summed E-state index contributed by atoms with van der Waals surface area (Å²) in [4.78, 5) is 11.5. The van der Waals surface area contributed by atoms with Gasteiger partial charge in [0.2, 0.25) is 0 Å². The molecule has 0 rings (SSSR count). The van der Waals surface area contributed by atoms with Crippen molar-refractivity contribution in [2.75, 3.05) is 27.9 Å². The Morgan fingerprint density at radius 1 is 1.05 bits per heavy atom. The van der Waals surface area contributed by atoms with Gasteiger partial charge in [-0.05, 0) is 26.7 Å². The van der Waals surface area contributed by atoms with Crippen molar-refractivity contribution in [1.82, 2.24) is 0 Å². The third kappa shape index (κ3) is 7.41. The molecule has 0 spiro atoms. The van der Waals surface area contributed by atoms with Crippen LogP contribution in [0.5, 0.6) is 0 Å². The van der Waals surface area contributed by atoms with Crippen LogP contribution >= 0.6 is 15.9 Å². The summed E-state index contributed by atoms with van der Waals surface area (Å²) in [7, 11) is 2.39. The molecule has 0 aliphatic rings. The number of carbonyl (C=O) groups excluding carboxylic acids is 1. The Kier molecular flexibility index (Phi) is 9.09. The molecule has 0 aromatic rings. The van der Waals surface area contributed by atoms with Crippen molar-refractivity contribution in [2.45, 2.75) is 43.5 Å². The van der Waals surface area contributed by atoms with E-state index in [0.29, 0.717) is 6.61 Å². The summed E-state index contributed by atoms with van der Waals surface area (Å²) >= 11 is 3.26. The summed E-state index contributed by atoms with van der Waals surface area (Å²) in [5.74, 6) is -0.234. The zero-order valence-corrected chi connectivity index (χ0v) is 15.0. The minimum Gasteiger partial charge on any atom is -0.465 e. The Morgan fingerprint density at radius 3 is 2.00 bits per heavy atom. The van der Waals surface area contributed by atoms with Gasteiger partial charge in [0.25, 0.3) is 0 Å². The Bertz CT molecular complexity index is 255. The number of halogens is 1. The van der Waals surface area contributed by atoms with Crippen LogP contribution in [0.15, 0.2) is 0 Å². The molecule has 0 aromatic heterocycles. The molecule has 0 aromatic carbocycles. The molecule has 0 amide bonds. The summed E-state index contributed by atoms with van der Waals surface area (Å²) in [6.07, 6.45) is 2.70. The number of carbonyl (C=O) groups is 1. The van der Waals surface area contributed by atoms with Crippen molar-refractivity contribution >= 4 is 30.7 Å². The second-order valence-corrected chi connectivity index (χ2v) is 9.79. The van der Waals surface area contributed by atoms with Crippen LogP contribution in [0.1, 0.15) is 33.1 Å². The third-order valence-corrected chi connectivity index (χ3v) is 5.93. The zero-order valence-electron chi connectivity index (χ0n) is 12.5. The minimum absolute atomic E-state index is 0.234. The fourth-order valence-electron chi connectivity index (χ4n) is 1.51. The minimum atomic E-state index is -2.44. The van der Waals surface area contributed by atoms with E-state index in [4.69, 9.17) is 18.0 Å². The van der Waals surface area contributed by atoms with Crippen molar-refractivity contribution in [2.24, 2.45) is 0 Å². The second-order valence-electron chi connectivity index (χ2n) is 4.71. The highest BCUT2D eigenvalue weighted by atomic mass is 79.9. The van der Waals surface area contributed by atoms with Crippen LogP contribution in [0, 0.1) is 0 Å². The number of hydrogen-bond acceptors (Lipinski definition) is 5. The smallest absolute Gasteiger partial charge is 0.465 e. The van der Waals surface area contributed by atoms with Gasteiger partial charge in [0.1, 0.15) is 4.32 Å². The Hall–Kier alpha value is 0.0469. The molecule has 7 heteroatoms. The topological polar surface area (TPSA) is 54.0 Å². The Balaban J connectivity index is 3.74.